The van der Waals surface area contributed by atoms with E-state index in [9.17, 15) is 0 Å². The van der Waals surface area contributed by atoms with E-state index in [4.69, 9.17) is 4.98 Å². The van der Waals surface area contributed by atoms with Gasteiger partial charge in [-0.25, -0.2) is 4.98 Å². The number of imidazole rings is 1. The summed E-state index contributed by atoms with van der Waals surface area (Å²) in [5, 5.41) is 0. The maximum Gasteiger partial charge on any atom is 0.138 e. The lowest BCUT2D eigenvalue weighted by molar-refractivity contribution is 1.31. The molecule has 0 aliphatic carbocycles. The van der Waals surface area contributed by atoms with Crippen molar-refractivity contribution in [2.24, 2.45) is 0 Å². The zero-order valence-corrected chi connectivity index (χ0v) is 13.8. The summed E-state index contributed by atoms with van der Waals surface area (Å²) in [7, 11) is 0. The van der Waals surface area contributed by atoms with Gasteiger partial charge in [0, 0.05) is 16.7 Å². The van der Waals surface area contributed by atoms with E-state index in [0.717, 1.165) is 39.5 Å². The molecule has 1 N–H and O–H groups in total. The molecule has 0 aliphatic heterocycles. The molecule has 0 radical (unpaired) electrons. The average Bonchev–Trinajstić information content (AvgIpc) is 3.15. The predicted molar refractivity (Wildman–Crippen MR) is 105 cm³/mol. The van der Waals surface area contributed by atoms with E-state index in [1.54, 1.807) is 0 Å². The average molecular weight is 322 g/mol. The third-order valence-corrected chi connectivity index (χ3v) is 4.23. The largest absolute Gasteiger partial charge is 0.337 e. The fourth-order valence-corrected chi connectivity index (χ4v) is 2.91. The summed E-state index contributed by atoms with van der Waals surface area (Å²) in [6.45, 7) is 3.81. The van der Waals surface area contributed by atoms with E-state index in [-0.39, 0.29) is 0 Å². The Balaban J connectivity index is 1.87. The summed E-state index contributed by atoms with van der Waals surface area (Å²) in [6.07, 6.45) is 1.84. The lowest BCUT2D eigenvalue weighted by atomic mass is 10.1. The Morgan fingerprint density at radius 1 is 0.680 bits per heavy atom. The van der Waals surface area contributed by atoms with Crippen LogP contribution in [0.1, 0.15) is 5.56 Å². The maximum absolute atomic E-state index is 4.90. The fourth-order valence-electron chi connectivity index (χ4n) is 2.91. The highest BCUT2D eigenvalue weighted by Gasteiger charge is 2.14. The highest BCUT2D eigenvalue weighted by molar-refractivity contribution is 5.81. The number of nitrogens with zero attached hydrogens (tertiary/aromatic N) is 1. The van der Waals surface area contributed by atoms with Crippen molar-refractivity contribution < 1.29 is 0 Å². The van der Waals surface area contributed by atoms with Crippen LogP contribution >= 0.6 is 0 Å². The Hall–Kier alpha value is -3.39. The molecular formula is C23H18N2. The molecular weight excluding hydrogens is 304 g/mol. The molecule has 4 rings (SSSR count). The molecule has 0 spiro atoms. The Bertz CT molecular complexity index is 924. The third kappa shape index (κ3) is 3.02. The van der Waals surface area contributed by atoms with Gasteiger partial charge in [0.1, 0.15) is 5.82 Å². The summed E-state index contributed by atoms with van der Waals surface area (Å²) in [5.41, 5.74) is 6.39. The van der Waals surface area contributed by atoms with Gasteiger partial charge < -0.3 is 4.98 Å². The summed E-state index contributed by atoms with van der Waals surface area (Å²) in [4.78, 5) is 8.41. The van der Waals surface area contributed by atoms with Crippen LogP contribution in [0.15, 0.2) is 91.5 Å². The second-order valence-corrected chi connectivity index (χ2v) is 5.87. The Morgan fingerprint density at radius 2 is 1.28 bits per heavy atom. The van der Waals surface area contributed by atoms with E-state index in [0.29, 0.717) is 0 Å². The predicted octanol–water partition coefficient (Wildman–Crippen LogP) is 6.05. The topological polar surface area (TPSA) is 28.7 Å². The number of benzene rings is 3. The smallest absolute Gasteiger partial charge is 0.138 e. The first kappa shape index (κ1) is 15.2. The third-order valence-electron chi connectivity index (χ3n) is 4.23. The molecule has 120 valence electrons. The second-order valence-electron chi connectivity index (χ2n) is 5.87. The molecule has 25 heavy (non-hydrogen) atoms. The molecule has 0 atom stereocenters. The van der Waals surface area contributed by atoms with Crippen LogP contribution in [-0.2, 0) is 0 Å². The standard InChI is InChI=1S/C23H18N2/c1-2-17-13-15-20(16-14-17)23-24-21(18-9-5-3-6-10-18)22(25-23)19-11-7-4-8-12-19/h2-16H,1H2,(H,24,25). The van der Waals surface area contributed by atoms with Crippen molar-refractivity contribution >= 4 is 6.08 Å². The molecule has 0 bridgehead atoms. The van der Waals surface area contributed by atoms with Crippen LogP contribution < -0.4 is 0 Å². The molecule has 0 aliphatic rings. The highest BCUT2D eigenvalue weighted by Crippen LogP contribution is 2.32. The zero-order chi connectivity index (χ0) is 17.1. The van der Waals surface area contributed by atoms with Gasteiger partial charge in [0.25, 0.3) is 0 Å². The lowest BCUT2D eigenvalue weighted by Crippen LogP contribution is -1.82. The SMILES string of the molecule is C=Cc1ccc(-c2nc(-c3ccccc3)c(-c3ccccc3)[nH]2)cc1. The van der Waals surface area contributed by atoms with Crippen LogP contribution in [0, 0.1) is 0 Å². The minimum absolute atomic E-state index is 0.869. The van der Waals surface area contributed by atoms with Gasteiger partial charge in [-0.3, -0.25) is 0 Å². The van der Waals surface area contributed by atoms with Crippen molar-refractivity contribution in [3.05, 3.63) is 97.1 Å². The monoisotopic (exact) mass is 322 g/mol. The molecule has 0 unspecified atom stereocenters. The van der Waals surface area contributed by atoms with Gasteiger partial charge in [-0.15, -0.1) is 0 Å². The Kier molecular flexibility index (Phi) is 4.01. The maximum atomic E-state index is 4.90. The number of H-pyrrole nitrogens is 1. The van der Waals surface area contributed by atoms with Gasteiger partial charge in [0.05, 0.1) is 11.4 Å². The fraction of sp³-hybridized carbons (Fsp3) is 0. The number of aromatic amines is 1. The first-order valence-electron chi connectivity index (χ1n) is 8.29. The van der Waals surface area contributed by atoms with Crippen molar-refractivity contribution in [2.75, 3.05) is 0 Å². The van der Waals surface area contributed by atoms with E-state index >= 15 is 0 Å². The molecule has 1 aromatic heterocycles. The molecule has 3 aromatic carbocycles. The molecule has 2 nitrogen and oxygen atoms in total. The van der Waals surface area contributed by atoms with Gasteiger partial charge >= 0.3 is 0 Å². The van der Waals surface area contributed by atoms with E-state index in [1.165, 1.54) is 0 Å². The van der Waals surface area contributed by atoms with Gasteiger partial charge in [-0.05, 0) is 5.56 Å². The number of nitrogens with one attached hydrogen (secondary N) is 1. The molecule has 2 heteroatoms. The molecule has 1 heterocycles. The summed E-state index contributed by atoms with van der Waals surface area (Å²) >= 11 is 0. The van der Waals surface area contributed by atoms with E-state index < -0.39 is 0 Å². The molecule has 0 fully saturated rings. The van der Waals surface area contributed by atoms with Crippen LogP contribution in [-0.4, -0.2) is 9.97 Å². The summed E-state index contributed by atoms with van der Waals surface area (Å²) in [5.74, 6) is 0.869. The normalized spacial score (nSPS) is 10.6. The van der Waals surface area contributed by atoms with Crippen molar-refractivity contribution in [1.82, 2.24) is 9.97 Å². The van der Waals surface area contributed by atoms with Crippen molar-refractivity contribution in [3.63, 3.8) is 0 Å². The van der Waals surface area contributed by atoms with E-state index in [1.807, 2.05) is 42.5 Å². The number of hydrogen-bond donors (Lipinski definition) is 1. The minimum atomic E-state index is 0.869. The number of rotatable bonds is 4. The zero-order valence-electron chi connectivity index (χ0n) is 13.8. The van der Waals surface area contributed by atoms with Gasteiger partial charge in [-0.1, -0.05) is 97.6 Å². The highest BCUT2D eigenvalue weighted by atomic mass is 14.9. The van der Waals surface area contributed by atoms with Crippen molar-refractivity contribution in [1.29, 1.82) is 0 Å². The van der Waals surface area contributed by atoms with Gasteiger partial charge in [0.2, 0.25) is 0 Å². The van der Waals surface area contributed by atoms with Gasteiger partial charge in [0.15, 0.2) is 0 Å². The molecule has 0 amide bonds. The van der Waals surface area contributed by atoms with Crippen molar-refractivity contribution in [2.45, 2.75) is 0 Å². The van der Waals surface area contributed by atoms with Crippen LogP contribution in [0.3, 0.4) is 0 Å². The van der Waals surface area contributed by atoms with Crippen LogP contribution in [0.25, 0.3) is 40.0 Å². The quantitative estimate of drug-likeness (QED) is 0.486. The number of hydrogen-bond acceptors (Lipinski definition) is 1. The van der Waals surface area contributed by atoms with Gasteiger partial charge in [-0.2, -0.15) is 0 Å². The second kappa shape index (κ2) is 6.62. The minimum Gasteiger partial charge on any atom is -0.337 e. The first-order chi connectivity index (χ1) is 12.3. The molecule has 4 aromatic rings. The first-order valence-corrected chi connectivity index (χ1v) is 8.29. The summed E-state index contributed by atoms with van der Waals surface area (Å²) < 4.78 is 0. The Morgan fingerprint density at radius 3 is 1.88 bits per heavy atom. The van der Waals surface area contributed by atoms with Crippen LogP contribution in [0.4, 0.5) is 0 Å². The lowest BCUT2D eigenvalue weighted by Gasteiger charge is -2.02. The van der Waals surface area contributed by atoms with Crippen LogP contribution in [0.2, 0.25) is 0 Å². The van der Waals surface area contributed by atoms with E-state index in [2.05, 4.69) is 60.1 Å². The molecule has 0 saturated heterocycles. The summed E-state index contributed by atoms with van der Waals surface area (Å²) in [6, 6.07) is 28.8. The number of aromatic nitrogens is 2. The van der Waals surface area contributed by atoms with Crippen LogP contribution in [0.5, 0.6) is 0 Å². The van der Waals surface area contributed by atoms with Crippen molar-refractivity contribution in [3.8, 4) is 33.9 Å². The Labute approximate surface area is 147 Å². The molecule has 0 saturated carbocycles.